The van der Waals surface area contributed by atoms with Gasteiger partial charge < -0.3 is 5.11 Å². The minimum Gasteiger partial charge on any atom is -0.480 e. The standard InChI is InChI=1S/C13H14N2O5/c1-13(2,12(17)18)14-10-5-4-9(15(19)20)7-8(10)3-6-11(14)16/h4-5,7H,3,6H2,1-2H3,(H,17,18). The molecule has 1 aromatic rings. The molecule has 1 amide bonds. The van der Waals surface area contributed by atoms with Crippen LogP contribution in [0.5, 0.6) is 0 Å². The van der Waals surface area contributed by atoms with Gasteiger partial charge in [0, 0.05) is 24.2 Å². The number of fused-ring (bicyclic) bond motifs is 1. The van der Waals surface area contributed by atoms with Crippen LogP contribution in [0, 0.1) is 10.1 Å². The van der Waals surface area contributed by atoms with Gasteiger partial charge in [-0.05, 0) is 31.9 Å². The molecule has 0 radical (unpaired) electrons. The fourth-order valence-corrected chi connectivity index (χ4v) is 2.30. The zero-order valence-electron chi connectivity index (χ0n) is 11.1. The lowest BCUT2D eigenvalue weighted by molar-refractivity contribution is -0.384. The lowest BCUT2D eigenvalue weighted by Gasteiger charge is -2.38. The van der Waals surface area contributed by atoms with Gasteiger partial charge in [0.25, 0.3) is 5.69 Å². The van der Waals surface area contributed by atoms with Crippen molar-refractivity contribution in [2.24, 2.45) is 0 Å². The lowest BCUT2D eigenvalue weighted by atomic mass is 9.93. The Morgan fingerprint density at radius 2 is 2.05 bits per heavy atom. The highest BCUT2D eigenvalue weighted by Crippen LogP contribution is 2.35. The summed E-state index contributed by atoms with van der Waals surface area (Å²) in [4.78, 5) is 34.9. The van der Waals surface area contributed by atoms with Gasteiger partial charge >= 0.3 is 5.97 Å². The fourth-order valence-electron chi connectivity index (χ4n) is 2.30. The molecule has 7 nitrogen and oxygen atoms in total. The topological polar surface area (TPSA) is 101 Å². The van der Waals surface area contributed by atoms with Crippen LogP contribution < -0.4 is 4.90 Å². The summed E-state index contributed by atoms with van der Waals surface area (Å²) in [5, 5.41) is 20.0. The molecule has 1 aromatic carbocycles. The second-order valence-electron chi connectivity index (χ2n) is 5.16. The molecule has 1 heterocycles. The van der Waals surface area contributed by atoms with Crippen LogP contribution in [0.15, 0.2) is 18.2 Å². The fraction of sp³-hybridized carbons (Fsp3) is 0.385. The number of hydrogen-bond donors (Lipinski definition) is 1. The van der Waals surface area contributed by atoms with Crippen LogP contribution in [-0.2, 0) is 16.0 Å². The summed E-state index contributed by atoms with van der Waals surface area (Å²) in [5.74, 6) is -1.42. The van der Waals surface area contributed by atoms with E-state index in [1.54, 1.807) is 0 Å². The van der Waals surface area contributed by atoms with Crippen LogP contribution in [0.3, 0.4) is 0 Å². The quantitative estimate of drug-likeness (QED) is 0.670. The molecule has 0 fully saturated rings. The average molecular weight is 278 g/mol. The number of aliphatic carboxylic acids is 1. The van der Waals surface area contributed by atoms with Crippen molar-refractivity contribution in [2.75, 3.05) is 4.90 Å². The smallest absolute Gasteiger partial charge is 0.329 e. The van der Waals surface area contributed by atoms with Crippen LogP contribution >= 0.6 is 0 Å². The zero-order valence-corrected chi connectivity index (χ0v) is 11.1. The molecule has 1 aliphatic heterocycles. The van der Waals surface area contributed by atoms with E-state index >= 15 is 0 Å². The minimum atomic E-state index is -1.40. The molecule has 0 saturated carbocycles. The zero-order chi connectivity index (χ0) is 15.1. The molecule has 0 atom stereocenters. The molecule has 2 rings (SSSR count). The second kappa shape index (κ2) is 4.59. The number of anilines is 1. The van der Waals surface area contributed by atoms with E-state index in [9.17, 15) is 24.8 Å². The Bertz CT molecular complexity index is 609. The summed E-state index contributed by atoms with van der Waals surface area (Å²) in [6.45, 7) is 2.87. The van der Waals surface area contributed by atoms with Crippen molar-refractivity contribution in [1.29, 1.82) is 0 Å². The first-order chi connectivity index (χ1) is 9.25. The Morgan fingerprint density at radius 3 is 2.60 bits per heavy atom. The van der Waals surface area contributed by atoms with E-state index in [4.69, 9.17) is 0 Å². The van der Waals surface area contributed by atoms with Crippen LogP contribution in [0.25, 0.3) is 0 Å². The van der Waals surface area contributed by atoms with Crippen molar-refractivity contribution in [1.82, 2.24) is 0 Å². The normalized spacial score (nSPS) is 14.9. The number of amides is 1. The van der Waals surface area contributed by atoms with Crippen LogP contribution in [0.2, 0.25) is 0 Å². The molecule has 0 bridgehead atoms. The monoisotopic (exact) mass is 278 g/mol. The average Bonchev–Trinajstić information content (AvgIpc) is 2.37. The predicted octanol–water partition coefficient (Wildman–Crippen LogP) is 1.74. The molecule has 0 aliphatic carbocycles. The molecular formula is C13H14N2O5. The molecule has 0 saturated heterocycles. The summed E-state index contributed by atoms with van der Waals surface area (Å²) in [6.07, 6.45) is 0.521. The third-order valence-corrected chi connectivity index (χ3v) is 3.45. The van der Waals surface area contributed by atoms with Crippen LogP contribution in [-0.4, -0.2) is 27.4 Å². The van der Waals surface area contributed by atoms with Crippen LogP contribution in [0.4, 0.5) is 11.4 Å². The minimum absolute atomic E-state index is 0.0637. The van der Waals surface area contributed by atoms with Crippen LogP contribution in [0.1, 0.15) is 25.8 Å². The molecule has 1 aliphatic rings. The lowest BCUT2D eigenvalue weighted by Crippen LogP contribution is -2.55. The summed E-state index contributed by atoms with van der Waals surface area (Å²) in [5.41, 5.74) is -0.416. The molecule has 20 heavy (non-hydrogen) atoms. The van der Waals surface area contributed by atoms with Crippen molar-refractivity contribution < 1.29 is 19.6 Å². The highest BCUT2D eigenvalue weighted by atomic mass is 16.6. The Hall–Kier alpha value is -2.44. The highest BCUT2D eigenvalue weighted by molar-refractivity contribution is 6.03. The summed E-state index contributed by atoms with van der Waals surface area (Å²) in [7, 11) is 0. The molecule has 1 N–H and O–H groups in total. The maximum Gasteiger partial charge on any atom is 0.329 e. The van der Waals surface area contributed by atoms with E-state index in [1.165, 1.54) is 36.9 Å². The maximum absolute atomic E-state index is 12.1. The number of nitro benzene ring substituents is 1. The second-order valence-corrected chi connectivity index (χ2v) is 5.16. The number of rotatable bonds is 3. The first-order valence-electron chi connectivity index (χ1n) is 6.09. The summed E-state index contributed by atoms with van der Waals surface area (Å²) in [6, 6.07) is 4.12. The Balaban J connectivity index is 2.55. The van der Waals surface area contributed by atoms with E-state index in [0.717, 1.165) is 0 Å². The van der Waals surface area contributed by atoms with E-state index in [1.807, 2.05) is 0 Å². The number of aryl methyl sites for hydroxylation is 1. The SMILES string of the molecule is CC(C)(C(=O)O)N1C(=O)CCc2cc([N+](=O)[O-])ccc21. The third kappa shape index (κ3) is 2.11. The largest absolute Gasteiger partial charge is 0.480 e. The van der Waals surface area contributed by atoms with Gasteiger partial charge in [-0.3, -0.25) is 19.8 Å². The van der Waals surface area contributed by atoms with Crippen molar-refractivity contribution in [2.45, 2.75) is 32.2 Å². The van der Waals surface area contributed by atoms with Crippen molar-refractivity contribution in [3.05, 3.63) is 33.9 Å². The number of carbonyl (C=O) groups is 2. The van der Waals surface area contributed by atoms with Gasteiger partial charge in [0.15, 0.2) is 0 Å². The van der Waals surface area contributed by atoms with Gasteiger partial charge in [-0.25, -0.2) is 4.79 Å². The molecule has 0 spiro atoms. The molecule has 7 heteroatoms. The van der Waals surface area contributed by atoms with Crippen molar-refractivity contribution in [3.63, 3.8) is 0 Å². The number of carboxylic acids is 1. The predicted molar refractivity (Wildman–Crippen MR) is 70.6 cm³/mol. The van der Waals surface area contributed by atoms with E-state index in [0.29, 0.717) is 17.7 Å². The number of nitro groups is 1. The number of nitrogens with zero attached hydrogens (tertiary/aromatic N) is 2. The molecule has 106 valence electrons. The van der Waals surface area contributed by atoms with Gasteiger partial charge in [-0.2, -0.15) is 0 Å². The number of carboxylic acid groups (broad SMARTS) is 1. The highest BCUT2D eigenvalue weighted by Gasteiger charge is 2.41. The number of hydrogen-bond acceptors (Lipinski definition) is 4. The third-order valence-electron chi connectivity index (χ3n) is 3.45. The van der Waals surface area contributed by atoms with Gasteiger partial charge in [0.05, 0.1) is 4.92 Å². The Kier molecular flexibility index (Phi) is 3.21. The molecule has 0 unspecified atom stereocenters. The van der Waals surface area contributed by atoms with Crippen molar-refractivity contribution >= 4 is 23.3 Å². The Labute approximate surface area is 115 Å². The summed E-state index contributed by atoms with van der Waals surface area (Å²) >= 11 is 0. The van der Waals surface area contributed by atoms with E-state index < -0.39 is 16.4 Å². The van der Waals surface area contributed by atoms with Crippen molar-refractivity contribution in [3.8, 4) is 0 Å². The summed E-state index contributed by atoms with van der Waals surface area (Å²) < 4.78 is 0. The number of benzene rings is 1. The first kappa shape index (κ1) is 14.0. The van der Waals surface area contributed by atoms with E-state index in [2.05, 4.69) is 0 Å². The molecule has 0 aromatic heterocycles. The first-order valence-corrected chi connectivity index (χ1v) is 6.09. The van der Waals surface area contributed by atoms with Gasteiger partial charge in [-0.1, -0.05) is 0 Å². The van der Waals surface area contributed by atoms with Gasteiger partial charge in [0.1, 0.15) is 5.54 Å². The number of carbonyl (C=O) groups excluding carboxylic acids is 1. The van der Waals surface area contributed by atoms with Gasteiger partial charge in [0.2, 0.25) is 5.91 Å². The maximum atomic E-state index is 12.1. The Morgan fingerprint density at radius 1 is 1.40 bits per heavy atom. The molecular weight excluding hydrogens is 264 g/mol. The van der Waals surface area contributed by atoms with E-state index in [-0.39, 0.29) is 18.0 Å². The number of non-ortho nitro benzene ring substituents is 1. The van der Waals surface area contributed by atoms with Gasteiger partial charge in [-0.15, -0.1) is 0 Å².